The molecule has 102 valence electrons. The number of nitrogens with one attached hydrogen (secondary N) is 1. The van der Waals surface area contributed by atoms with Gasteiger partial charge in [0.1, 0.15) is 5.58 Å². The number of hydrogen-bond donors (Lipinski definition) is 1. The average Bonchev–Trinajstić information content (AvgIpc) is 3.03. The molecular formula is C16H20ClNO. The Morgan fingerprint density at radius 1 is 1.32 bits per heavy atom. The summed E-state index contributed by atoms with van der Waals surface area (Å²) in [5.74, 6) is 0.817. The van der Waals surface area contributed by atoms with Gasteiger partial charge in [-0.05, 0) is 43.4 Å². The third kappa shape index (κ3) is 2.65. The van der Waals surface area contributed by atoms with Crippen LogP contribution in [-0.2, 0) is 6.54 Å². The van der Waals surface area contributed by atoms with E-state index in [0.717, 1.165) is 29.0 Å². The summed E-state index contributed by atoms with van der Waals surface area (Å²) in [6.07, 6.45) is 5.47. The Morgan fingerprint density at radius 3 is 2.84 bits per heavy atom. The fraction of sp³-hybridized carbons (Fsp3) is 0.500. The van der Waals surface area contributed by atoms with Gasteiger partial charge in [-0.2, -0.15) is 0 Å². The minimum absolute atomic E-state index is 0.521. The molecule has 2 aromatic rings. The highest BCUT2D eigenvalue weighted by atomic mass is 35.5. The van der Waals surface area contributed by atoms with Crippen LogP contribution in [0.3, 0.4) is 0 Å². The topological polar surface area (TPSA) is 25.2 Å². The molecule has 1 aromatic carbocycles. The summed E-state index contributed by atoms with van der Waals surface area (Å²) in [6.45, 7) is 3.07. The van der Waals surface area contributed by atoms with E-state index >= 15 is 0 Å². The van der Waals surface area contributed by atoms with E-state index in [-0.39, 0.29) is 0 Å². The minimum Gasteiger partial charge on any atom is -0.444 e. The van der Waals surface area contributed by atoms with Crippen LogP contribution in [0.2, 0.25) is 5.22 Å². The van der Waals surface area contributed by atoms with Gasteiger partial charge < -0.3 is 9.73 Å². The molecule has 1 saturated carbocycles. The maximum atomic E-state index is 6.20. The van der Waals surface area contributed by atoms with Crippen LogP contribution in [0.4, 0.5) is 0 Å². The predicted octanol–water partition coefficient (Wildman–Crippen LogP) is 4.75. The molecule has 19 heavy (non-hydrogen) atoms. The summed E-state index contributed by atoms with van der Waals surface area (Å²) in [5, 5.41) is 5.26. The van der Waals surface area contributed by atoms with Crippen molar-refractivity contribution >= 4 is 22.6 Å². The van der Waals surface area contributed by atoms with E-state index in [0.29, 0.717) is 11.3 Å². The zero-order valence-corrected chi connectivity index (χ0v) is 12.0. The van der Waals surface area contributed by atoms with Crippen molar-refractivity contribution in [3.8, 4) is 0 Å². The number of para-hydroxylation sites is 1. The number of rotatable bonds is 4. The Kier molecular flexibility index (Phi) is 3.81. The van der Waals surface area contributed by atoms with Crippen LogP contribution in [-0.4, -0.2) is 6.04 Å². The van der Waals surface area contributed by atoms with Gasteiger partial charge in [-0.1, -0.05) is 31.0 Å². The molecule has 0 bridgehead atoms. The smallest absolute Gasteiger partial charge is 0.199 e. The van der Waals surface area contributed by atoms with Gasteiger partial charge >= 0.3 is 0 Å². The number of fused-ring (bicyclic) bond motifs is 1. The van der Waals surface area contributed by atoms with Crippen LogP contribution >= 0.6 is 11.6 Å². The van der Waals surface area contributed by atoms with Gasteiger partial charge in [0, 0.05) is 23.5 Å². The van der Waals surface area contributed by atoms with Crippen LogP contribution < -0.4 is 5.32 Å². The first-order chi connectivity index (χ1) is 9.25. The van der Waals surface area contributed by atoms with E-state index < -0.39 is 0 Å². The van der Waals surface area contributed by atoms with Gasteiger partial charge in [-0.25, -0.2) is 0 Å². The lowest BCUT2D eigenvalue weighted by Gasteiger charge is -2.20. The van der Waals surface area contributed by atoms with Crippen molar-refractivity contribution in [2.75, 3.05) is 0 Å². The second kappa shape index (κ2) is 5.56. The summed E-state index contributed by atoms with van der Waals surface area (Å²) in [7, 11) is 0. The molecule has 0 radical (unpaired) electrons. The third-order valence-corrected chi connectivity index (χ3v) is 4.66. The summed E-state index contributed by atoms with van der Waals surface area (Å²) in [4.78, 5) is 0. The van der Waals surface area contributed by atoms with E-state index in [4.69, 9.17) is 16.0 Å². The van der Waals surface area contributed by atoms with Crippen LogP contribution in [0.1, 0.15) is 38.2 Å². The molecule has 3 rings (SSSR count). The molecule has 0 aliphatic heterocycles. The maximum Gasteiger partial charge on any atom is 0.199 e. The SMILES string of the molecule is CC(NCc1c(Cl)oc2ccccc12)C1CCCC1. The number of hydrogen-bond acceptors (Lipinski definition) is 2. The largest absolute Gasteiger partial charge is 0.444 e. The number of benzene rings is 1. The fourth-order valence-electron chi connectivity index (χ4n) is 3.12. The number of furan rings is 1. The molecule has 2 nitrogen and oxygen atoms in total. The summed E-state index contributed by atoms with van der Waals surface area (Å²) in [6, 6.07) is 8.58. The summed E-state index contributed by atoms with van der Waals surface area (Å²) < 4.78 is 5.58. The normalized spacial score (nSPS) is 18.2. The molecule has 1 atom stereocenters. The molecule has 1 N–H and O–H groups in total. The molecule has 1 aliphatic rings. The molecule has 1 fully saturated rings. The lowest BCUT2D eigenvalue weighted by atomic mass is 9.99. The second-order valence-electron chi connectivity index (χ2n) is 5.56. The zero-order valence-electron chi connectivity index (χ0n) is 11.3. The lowest BCUT2D eigenvalue weighted by Crippen LogP contribution is -2.31. The van der Waals surface area contributed by atoms with E-state index in [2.05, 4.69) is 18.3 Å². The molecule has 0 amide bonds. The molecule has 1 aromatic heterocycles. The Morgan fingerprint density at radius 2 is 2.05 bits per heavy atom. The van der Waals surface area contributed by atoms with Crippen molar-refractivity contribution in [2.45, 2.75) is 45.2 Å². The molecular weight excluding hydrogens is 258 g/mol. The highest BCUT2D eigenvalue weighted by Crippen LogP contribution is 2.31. The van der Waals surface area contributed by atoms with Crippen molar-refractivity contribution in [3.63, 3.8) is 0 Å². The van der Waals surface area contributed by atoms with Gasteiger partial charge in [-0.3, -0.25) is 0 Å². The highest BCUT2D eigenvalue weighted by Gasteiger charge is 2.22. The van der Waals surface area contributed by atoms with Gasteiger partial charge in [0.25, 0.3) is 0 Å². The lowest BCUT2D eigenvalue weighted by molar-refractivity contribution is 0.380. The van der Waals surface area contributed by atoms with Crippen molar-refractivity contribution in [3.05, 3.63) is 35.0 Å². The molecule has 1 heterocycles. The molecule has 1 aliphatic carbocycles. The first-order valence-corrected chi connectivity index (χ1v) is 7.53. The van der Waals surface area contributed by atoms with E-state index in [9.17, 15) is 0 Å². The van der Waals surface area contributed by atoms with Crippen LogP contribution in [0.15, 0.2) is 28.7 Å². The second-order valence-corrected chi connectivity index (χ2v) is 5.91. The minimum atomic E-state index is 0.521. The van der Waals surface area contributed by atoms with Crippen molar-refractivity contribution in [1.82, 2.24) is 5.32 Å². The first kappa shape index (κ1) is 13.0. The highest BCUT2D eigenvalue weighted by molar-refractivity contribution is 6.30. The number of halogens is 1. The third-order valence-electron chi connectivity index (χ3n) is 4.36. The van der Waals surface area contributed by atoms with Gasteiger partial charge in [-0.15, -0.1) is 0 Å². The van der Waals surface area contributed by atoms with Gasteiger partial charge in [0.15, 0.2) is 5.22 Å². The van der Waals surface area contributed by atoms with Gasteiger partial charge in [0.2, 0.25) is 0 Å². The Hall–Kier alpha value is -0.990. The maximum absolute atomic E-state index is 6.20. The van der Waals surface area contributed by atoms with Crippen molar-refractivity contribution in [1.29, 1.82) is 0 Å². The Bertz CT molecular complexity index is 557. The quantitative estimate of drug-likeness (QED) is 0.872. The van der Waals surface area contributed by atoms with Crippen molar-refractivity contribution < 1.29 is 4.42 Å². The zero-order chi connectivity index (χ0) is 13.2. The Labute approximate surface area is 119 Å². The van der Waals surface area contributed by atoms with Crippen LogP contribution in [0, 0.1) is 5.92 Å². The van der Waals surface area contributed by atoms with Crippen LogP contribution in [0.5, 0.6) is 0 Å². The molecule has 1 unspecified atom stereocenters. The van der Waals surface area contributed by atoms with Crippen molar-refractivity contribution in [2.24, 2.45) is 5.92 Å². The van der Waals surface area contributed by atoms with E-state index in [1.165, 1.54) is 25.7 Å². The molecule has 0 spiro atoms. The average molecular weight is 278 g/mol. The monoisotopic (exact) mass is 277 g/mol. The predicted molar refractivity (Wildman–Crippen MR) is 79.5 cm³/mol. The summed E-state index contributed by atoms with van der Waals surface area (Å²) >= 11 is 6.20. The standard InChI is InChI=1S/C16H20ClNO/c1-11(12-6-2-3-7-12)18-10-14-13-8-4-5-9-15(13)19-16(14)17/h4-5,8-9,11-12,18H,2-3,6-7,10H2,1H3. The van der Waals surface area contributed by atoms with Gasteiger partial charge in [0.05, 0.1) is 0 Å². The summed E-state index contributed by atoms with van der Waals surface area (Å²) in [5.41, 5.74) is 1.96. The molecule has 3 heteroatoms. The first-order valence-electron chi connectivity index (χ1n) is 7.15. The van der Waals surface area contributed by atoms with Crippen LogP contribution in [0.25, 0.3) is 11.0 Å². The van der Waals surface area contributed by atoms with E-state index in [1.807, 2.05) is 18.2 Å². The Balaban J connectivity index is 1.72. The molecule has 0 saturated heterocycles. The fourth-order valence-corrected chi connectivity index (χ4v) is 3.37. The van der Waals surface area contributed by atoms with E-state index in [1.54, 1.807) is 0 Å².